The van der Waals surface area contributed by atoms with E-state index < -0.39 is 12.1 Å². The van der Waals surface area contributed by atoms with Crippen LogP contribution in [0, 0.1) is 6.92 Å². The fourth-order valence-electron chi connectivity index (χ4n) is 3.63. The molecule has 1 aromatic heterocycles. The lowest BCUT2D eigenvalue weighted by atomic mass is 10.00. The largest absolute Gasteiger partial charge is 0.400 e. The van der Waals surface area contributed by atoms with Gasteiger partial charge in [0.05, 0.1) is 35.7 Å². The molecule has 3 rings (SSSR count). The van der Waals surface area contributed by atoms with Crippen molar-refractivity contribution in [1.82, 2.24) is 14.7 Å². The summed E-state index contributed by atoms with van der Waals surface area (Å²) in [5, 5.41) is 4.43. The van der Waals surface area contributed by atoms with Gasteiger partial charge in [0.2, 0.25) is 5.91 Å². The Morgan fingerprint density at radius 3 is 2.69 bits per heavy atom. The number of halogens is 1. The van der Waals surface area contributed by atoms with E-state index in [0.717, 1.165) is 23.3 Å². The predicted octanol–water partition coefficient (Wildman–Crippen LogP) is 2.34. The summed E-state index contributed by atoms with van der Waals surface area (Å²) in [6.07, 6.45) is 0.594. The highest BCUT2D eigenvalue weighted by Crippen LogP contribution is 2.27. The summed E-state index contributed by atoms with van der Waals surface area (Å²) in [5.41, 5.74) is 8.65. The highest BCUT2D eigenvalue weighted by atomic mass is 19.1. The van der Waals surface area contributed by atoms with E-state index in [9.17, 15) is 18.8 Å². The van der Waals surface area contributed by atoms with Crippen molar-refractivity contribution in [1.29, 1.82) is 0 Å². The summed E-state index contributed by atoms with van der Waals surface area (Å²) in [6, 6.07) is 5.09. The SMILES string of the molecule is COCCCCc1cc(-n2nc(C)c3c2CN(C(=O)F)CC3=O)ccc1C(N)=O. The summed E-state index contributed by atoms with van der Waals surface area (Å²) in [4.78, 5) is 36.2. The van der Waals surface area contributed by atoms with E-state index in [-0.39, 0.29) is 18.9 Å². The molecule has 0 unspecified atom stereocenters. The highest BCUT2D eigenvalue weighted by molar-refractivity contribution is 6.02. The van der Waals surface area contributed by atoms with Crippen LogP contribution < -0.4 is 5.73 Å². The lowest BCUT2D eigenvalue weighted by Crippen LogP contribution is -2.37. The number of ketones is 1. The van der Waals surface area contributed by atoms with Gasteiger partial charge in [-0.25, -0.2) is 9.48 Å². The van der Waals surface area contributed by atoms with Gasteiger partial charge in [-0.15, -0.1) is 4.39 Å². The molecule has 0 radical (unpaired) electrons. The van der Waals surface area contributed by atoms with Gasteiger partial charge in [-0.3, -0.25) is 9.59 Å². The Morgan fingerprint density at radius 1 is 1.28 bits per heavy atom. The first-order valence-electron chi connectivity index (χ1n) is 9.31. The third kappa shape index (κ3) is 4.19. The highest BCUT2D eigenvalue weighted by Gasteiger charge is 2.32. The summed E-state index contributed by atoms with van der Waals surface area (Å²) >= 11 is 0. The molecule has 0 saturated heterocycles. The molecule has 2 amide bonds. The monoisotopic (exact) mass is 402 g/mol. The molecule has 8 nitrogen and oxygen atoms in total. The van der Waals surface area contributed by atoms with Crippen molar-refractivity contribution in [2.45, 2.75) is 32.7 Å². The summed E-state index contributed by atoms with van der Waals surface area (Å²) in [5.74, 6) is -0.879. The summed E-state index contributed by atoms with van der Waals surface area (Å²) < 4.78 is 19.8. The minimum absolute atomic E-state index is 0.0575. The first-order chi connectivity index (χ1) is 13.8. The van der Waals surface area contributed by atoms with Gasteiger partial charge in [-0.1, -0.05) is 0 Å². The van der Waals surface area contributed by atoms with E-state index in [1.54, 1.807) is 32.2 Å². The van der Waals surface area contributed by atoms with E-state index >= 15 is 0 Å². The van der Waals surface area contributed by atoms with Crippen LogP contribution in [0.15, 0.2) is 18.2 Å². The van der Waals surface area contributed by atoms with Crippen molar-refractivity contribution < 1.29 is 23.5 Å². The molecule has 1 aliphatic heterocycles. The molecule has 2 aromatic rings. The molecule has 0 atom stereocenters. The first-order valence-corrected chi connectivity index (χ1v) is 9.31. The summed E-state index contributed by atoms with van der Waals surface area (Å²) in [7, 11) is 1.63. The van der Waals surface area contributed by atoms with Gasteiger partial charge in [-0.05, 0) is 49.9 Å². The number of Topliss-reactive ketones (excluding diaryl/α,β-unsaturated/α-hetero) is 1. The Labute approximate surface area is 167 Å². The van der Waals surface area contributed by atoms with Crippen LogP contribution in [0.5, 0.6) is 0 Å². The smallest absolute Gasteiger partial charge is 0.385 e. The Morgan fingerprint density at radius 2 is 2.03 bits per heavy atom. The molecule has 0 aliphatic carbocycles. The van der Waals surface area contributed by atoms with Crippen molar-refractivity contribution in [3.63, 3.8) is 0 Å². The lowest BCUT2D eigenvalue weighted by Gasteiger charge is -2.24. The number of carbonyl (C=O) groups is 3. The van der Waals surface area contributed by atoms with Crippen molar-refractivity contribution in [2.75, 3.05) is 20.3 Å². The number of aromatic nitrogens is 2. The van der Waals surface area contributed by atoms with E-state index in [2.05, 4.69) is 5.10 Å². The zero-order chi connectivity index (χ0) is 21.1. The van der Waals surface area contributed by atoms with Gasteiger partial charge in [0.15, 0.2) is 5.78 Å². The molecule has 9 heteroatoms. The Balaban J connectivity index is 2.01. The van der Waals surface area contributed by atoms with Crippen LogP contribution in [0.25, 0.3) is 5.69 Å². The van der Waals surface area contributed by atoms with Gasteiger partial charge in [0, 0.05) is 19.3 Å². The number of carbonyl (C=O) groups excluding carboxylic acids is 3. The average molecular weight is 402 g/mol. The number of nitrogens with zero attached hydrogens (tertiary/aromatic N) is 3. The van der Waals surface area contributed by atoms with Crippen LogP contribution in [0.2, 0.25) is 0 Å². The van der Waals surface area contributed by atoms with Gasteiger partial charge in [-0.2, -0.15) is 5.10 Å². The number of nitrogens with two attached hydrogens (primary N) is 1. The molecule has 0 saturated carbocycles. The van der Waals surface area contributed by atoms with E-state index in [4.69, 9.17) is 10.5 Å². The number of ether oxygens (including phenoxy) is 1. The Kier molecular flexibility index (Phi) is 6.07. The van der Waals surface area contributed by atoms with Gasteiger partial charge in [0.1, 0.15) is 0 Å². The molecule has 0 bridgehead atoms. The maximum absolute atomic E-state index is 13.2. The molecule has 2 heterocycles. The number of hydrogen-bond donors (Lipinski definition) is 1. The van der Waals surface area contributed by atoms with Crippen molar-refractivity contribution >= 4 is 17.9 Å². The number of aryl methyl sites for hydroxylation is 2. The van der Waals surface area contributed by atoms with Crippen LogP contribution in [0.3, 0.4) is 0 Å². The van der Waals surface area contributed by atoms with Gasteiger partial charge in [0.25, 0.3) is 0 Å². The number of amides is 2. The average Bonchev–Trinajstić information content (AvgIpc) is 3.02. The number of hydrogen-bond acceptors (Lipinski definition) is 5. The van der Waals surface area contributed by atoms with Crippen molar-refractivity contribution in [3.05, 3.63) is 46.3 Å². The van der Waals surface area contributed by atoms with Crippen LogP contribution >= 0.6 is 0 Å². The quantitative estimate of drug-likeness (QED) is 0.434. The molecular formula is C20H23FN4O4. The van der Waals surface area contributed by atoms with E-state index in [0.29, 0.717) is 41.2 Å². The van der Waals surface area contributed by atoms with Gasteiger partial charge >= 0.3 is 6.16 Å². The number of methoxy groups -OCH3 is 1. The van der Waals surface area contributed by atoms with Crippen LogP contribution in [-0.4, -0.2) is 52.8 Å². The van der Waals surface area contributed by atoms with Crippen molar-refractivity contribution in [2.24, 2.45) is 5.73 Å². The minimum Gasteiger partial charge on any atom is -0.385 e. The molecule has 0 fully saturated rings. The molecule has 29 heavy (non-hydrogen) atoms. The standard InChI is InChI=1S/C20H23FN4O4/c1-12-18-16(10-24(20(21)28)11-17(18)26)25(23-12)14-6-7-15(19(22)27)13(9-14)5-3-4-8-29-2/h6-7,9H,3-5,8,10-11H2,1-2H3,(H2,22,27). The molecule has 0 spiro atoms. The zero-order valence-electron chi connectivity index (χ0n) is 16.4. The third-order valence-corrected chi connectivity index (χ3v) is 5.00. The Hall–Kier alpha value is -3.07. The van der Waals surface area contributed by atoms with Crippen molar-refractivity contribution in [3.8, 4) is 5.69 Å². The number of rotatable bonds is 7. The molecular weight excluding hydrogens is 379 g/mol. The third-order valence-electron chi connectivity index (χ3n) is 5.00. The molecule has 154 valence electrons. The van der Waals surface area contributed by atoms with E-state index in [1.165, 1.54) is 4.68 Å². The fraction of sp³-hybridized carbons (Fsp3) is 0.400. The number of fused-ring (bicyclic) bond motifs is 1. The maximum Gasteiger partial charge on any atom is 0.400 e. The van der Waals surface area contributed by atoms with Crippen LogP contribution in [0.4, 0.5) is 9.18 Å². The first kappa shape index (κ1) is 20.7. The predicted molar refractivity (Wildman–Crippen MR) is 103 cm³/mol. The second kappa shape index (κ2) is 8.52. The second-order valence-corrected chi connectivity index (χ2v) is 7.01. The number of benzene rings is 1. The minimum atomic E-state index is -1.66. The zero-order valence-corrected chi connectivity index (χ0v) is 16.4. The Bertz CT molecular complexity index is 970. The van der Waals surface area contributed by atoms with Crippen LogP contribution in [-0.2, 0) is 17.7 Å². The summed E-state index contributed by atoms with van der Waals surface area (Å²) in [6.45, 7) is 1.95. The van der Waals surface area contributed by atoms with Crippen LogP contribution in [0.1, 0.15) is 50.5 Å². The second-order valence-electron chi connectivity index (χ2n) is 7.01. The van der Waals surface area contributed by atoms with Gasteiger partial charge < -0.3 is 15.4 Å². The maximum atomic E-state index is 13.2. The number of unbranched alkanes of at least 4 members (excludes halogenated alkanes) is 1. The normalized spacial score (nSPS) is 13.5. The topological polar surface area (TPSA) is 108 Å². The lowest BCUT2D eigenvalue weighted by molar-refractivity contribution is 0.0900. The molecule has 2 N–H and O–H groups in total. The van der Waals surface area contributed by atoms with E-state index in [1.807, 2.05) is 0 Å². The molecule has 1 aliphatic rings. The number of primary amides is 1. The molecule has 1 aromatic carbocycles. The fourth-order valence-corrected chi connectivity index (χ4v) is 3.63.